The molecule has 0 bridgehead atoms. The zero-order chi connectivity index (χ0) is 12.6. The number of alkyl halides is 2. The van der Waals surface area contributed by atoms with Crippen LogP contribution in [0.25, 0.3) is 0 Å². The van der Waals surface area contributed by atoms with Crippen LogP contribution in [-0.4, -0.2) is 47.5 Å². The van der Waals surface area contributed by atoms with Crippen molar-refractivity contribution in [1.29, 1.82) is 0 Å². The van der Waals surface area contributed by atoms with Crippen LogP contribution in [0.4, 0.5) is 8.78 Å². The van der Waals surface area contributed by atoms with Crippen molar-refractivity contribution in [2.45, 2.75) is 19.0 Å². The summed E-state index contributed by atoms with van der Waals surface area (Å²) in [4.78, 5) is 21.3. The fourth-order valence-corrected chi connectivity index (χ4v) is 1.41. The number of nitrogens with one attached hydrogen (secondary N) is 1. The Bertz CT molecular complexity index is 241. The normalized spacial score (nSPS) is 12.5. The van der Waals surface area contributed by atoms with Gasteiger partial charge in [-0.25, -0.2) is 8.78 Å². The molecule has 0 radical (unpaired) electrons. The fourth-order valence-electron chi connectivity index (χ4n) is 0.734. The summed E-state index contributed by atoms with van der Waals surface area (Å²) < 4.78 is 23.6. The van der Waals surface area contributed by atoms with E-state index < -0.39 is 30.9 Å². The number of thioether (sulfide) groups is 1. The molecule has 0 aliphatic heterocycles. The van der Waals surface area contributed by atoms with Gasteiger partial charge in [0.2, 0.25) is 11.8 Å². The topological polar surface area (TPSA) is 92.4 Å². The van der Waals surface area contributed by atoms with Crippen molar-refractivity contribution in [2.24, 2.45) is 5.73 Å². The minimum Gasteiger partial charge on any atom is -0.385 e. The van der Waals surface area contributed by atoms with Crippen LogP contribution in [0.3, 0.4) is 0 Å². The third kappa shape index (κ3) is 8.42. The summed E-state index contributed by atoms with van der Waals surface area (Å²) in [6.45, 7) is -0.475. The molecule has 0 aliphatic carbocycles. The highest BCUT2D eigenvalue weighted by Crippen LogP contribution is 2.02. The van der Waals surface area contributed by atoms with E-state index in [9.17, 15) is 18.4 Å². The van der Waals surface area contributed by atoms with Gasteiger partial charge in [0.15, 0.2) is 0 Å². The maximum Gasteiger partial charge on any atom is 0.265 e. The van der Waals surface area contributed by atoms with Crippen molar-refractivity contribution < 1.29 is 23.5 Å². The molecular formula is C8H14F2N2O3S. The van der Waals surface area contributed by atoms with E-state index in [4.69, 9.17) is 10.8 Å². The molecule has 0 saturated carbocycles. The average molecular weight is 256 g/mol. The molecule has 0 fully saturated rings. The molecule has 1 unspecified atom stereocenters. The lowest BCUT2D eigenvalue weighted by molar-refractivity contribution is -0.121. The minimum atomic E-state index is -2.87. The fraction of sp³-hybridized carbons (Fsp3) is 0.750. The van der Waals surface area contributed by atoms with E-state index in [1.54, 1.807) is 0 Å². The van der Waals surface area contributed by atoms with E-state index in [2.05, 4.69) is 5.32 Å². The Morgan fingerprint density at radius 3 is 2.56 bits per heavy atom. The molecule has 1 atom stereocenters. The predicted molar refractivity (Wildman–Crippen MR) is 56.2 cm³/mol. The highest BCUT2D eigenvalue weighted by Gasteiger charge is 2.17. The smallest absolute Gasteiger partial charge is 0.265 e. The number of hydrogen-bond acceptors (Lipinski definition) is 4. The summed E-state index contributed by atoms with van der Waals surface area (Å²) >= 11 is 1.18. The highest BCUT2D eigenvalue weighted by atomic mass is 32.2. The molecule has 8 heteroatoms. The molecule has 0 aromatic carbocycles. The number of carbonyl (C=O) groups is 2. The molecular weight excluding hydrogens is 242 g/mol. The second-order valence-electron chi connectivity index (χ2n) is 2.97. The van der Waals surface area contributed by atoms with Crippen LogP contribution >= 0.6 is 11.8 Å². The molecule has 2 amide bonds. The standard InChI is InChI=1S/C8H14F2N2O3S/c9-8(10)5(13)3-12-7(15)1-2-16-4-6(11)14/h5,8,13H,1-4H2,(H2,11,14)(H,12,15). The first-order valence-corrected chi connectivity index (χ1v) is 5.68. The quantitative estimate of drug-likeness (QED) is 0.503. The van der Waals surface area contributed by atoms with Crippen LogP contribution in [0, 0.1) is 0 Å². The van der Waals surface area contributed by atoms with E-state index in [1.807, 2.05) is 0 Å². The van der Waals surface area contributed by atoms with Crippen molar-refractivity contribution >= 4 is 23.6 Å². The van der Waals surface area contributed by atoms with Gasteiger partial charge < -0.3 is 16.2 Å². The Hall–Kier alpha value is -0.890. The van der Waals surface area contributed by atoms with Gasteiger partial charge >= 0.3 is 0 Å². The second-order valence-corrected chi connectivity index (χ2v) is 4.08. The number of aliphatic hydroxyl groups excluding tert-OH is 1. The summed E-state index contributed by atoms with van der Waals surface area (Å²) in [6, 6.07) is 0. The summed E-state index contributed by atoms with van der Waals surface area (Å²) in [6.07, 6.45) is -4.62. The predicted octanol–water partition coefficient (Wildman–Crippen LogP) is -0.663. The van der Waals surface area contributed by atoms with Gasteiger partial charge in [0.25, 0.3) is 6.43 Å². The SMILES string of the molecule is NC(=O)CSCCC(=O)NCC(O)C(F)F. The Balaban J connectivity index is 3.48. The van der Waals surface area contributed by atoms with Gasteiger partial charge in [0.05, 0.1) is 5.75 Å². The Morgan fingerprint density at radius 2 is 2.06 bits per heavy atom. The molecule has 0 saturated heterocycles. The monoisotopic (exact) mass is 256 g/mol. The molecule has 4 N–H and O–H groups in total. The van der Waals surface area contributed by atoms with Gasteiger partial charge in [-0.2, -0.15) is 11.8 Å². The van der Waals surface area contributed by atoms with E-state index in [0.717, 1.165) is 0 Å². The number of rotatable bonds is 8. The number of carbonyl (C=O) groups excluding carboxylic acids is 2. The van der Waals surface area contributed by atoms with Crippen molar-refractivity contribution in [2.75, 3.05) is 18.1 Å². The molecule has 94 valence electrons. The summed E-state index contributed by atoms with van der Waals surface area (Å²) in [5.41, 5.74) is 4.86. The van der Waals surface area contributed by atoms with Crippen LogP contribution in [-0.2, 0) is 9.59 Å². The largest absolute Gasteiger partial charge is 0.385 e. The number of amides is 2. The van der Waals surface area contributed by atoms with E-state index >= 15 is 0 Å². The third-order valence-corrected chi connectivity index (χ3v) is 2.50. The van der Waals surface area contributed by atoms with Gasteiger partial charge in [0.1, 0.15) is 6.10 Å². The van der Waals surface area contributed by atoms with Crippen LogP contribution in [0.5, 0.6) is 0 Å². The van der Waals surface area contributed by atoms with E-state index in [1.165, 1.54) is 11.8 Å². The Kier molecular flexibility index (Phi) is 7.82. The molecule has 5 nitrogen and oxygen atoms in total. The van der Waals surface area contributed by atoms with E-state index in [-0.39, 0.29) is 12.2 Å². The third-order valence-electron chi connectivity index (χ3n) is 1.52. The lowest BCUT2D eigenvalue weighted by Crippen LogP contribution is -2.35. The number of halogens is 2. The second kappa shape index (κ2) is 8.28. The van der Waals surface area contributed by atoms with Crippen LogP contribution < -0.4 is 11.1 Å². The average Bonchev–Trinajstić information content (AvgIpc) is 2.20. The van der Waals surface area contributed by atoms with Gasteiger partial charge in [-0.05, 0) is 0 Å². The van der Waals surface area contributed by atoms with Gasteiger partial charge in [-0.3, -0.25) is 9.59 Å². The van der Waals surface area contributed by atoms with Crippen molar-refractivity contribution in [3.05, 3.63) is 0 Å². The molecule has 16 heavy (non-hydrogen) atoms. The number of hydrogen-bond donors (Lipinski definition) is 3. The molecule has 0 rings (SSSR count). The first kappa shape index (κ1) is 15.1. The summed E-state index contributed by atoms with van der Waals surface area (Å²) in [5, 5.41) is 10.8. The molecule has 0 aromatic rings. The molecule has 0 aliphatic rings. The first-order chi connectivity index (χ1) is 7.43. The number of nitrogens with two attached hydrogens (primary N) is 1. The minimum absolute atomic E-state index is 0.0912. The molecule has 0 aromatic heterocycles. The zero-order valence-corrected chi connectivity index (χ0v) is 9.30. The van der Waals surface area contributed by atoms with Crippen molar-refractivity contribution in [3.8, 4) is 0 Å². The van der Waals surface area contributed by atoms with Crippen molar-refractivity contribution in [1.82, 2.24) is 5.32 Å². The number of primary amides is 1. The Morgan fingerprint density at radius 1 is 1.44 bits per heavy atom. The lowest BCUT2D eigenvalue weighted by atomic mass is 10.3. The maximum absolute atomic E-state index is 11.8. The van der Waals surface area contributed by atoms with Crippen LogP contribution in [0.15, 0.2) is 0 Å². The Labute approximate surface area is 95.8 Å². The number of aliphatic hydroxyl groups is 1. The maximum atomic E-state index is 11.8. The van der Waals surface area contributed by atoms with Crippen LogP contribution in [0.2, 0.25) is 0 Å². The van der Waals surface area contributed by atoms with E-state index in [0.29, 0.717) is 5.75 Å². The molecule has 0 heterocycles. The summed E-state index contributed by atoms with van der Waals surface area (Å²) in [5.74, 6) is -0.429. The van der Waals surface area contributed by atoms with Gasteiger partial charge in [-0.1, -0.05) is 0 Å². The lowest BCUT2D eigenvalue weighted by Gasteiger charge is -2.10. The molecule has 0 spiro atoms. The van der Waals surface area contributed by atoms with Gasteiger partial charge in [-0.15, -0.1) is 0 Å². The van der Waals surface area contributed by atoms with Crippen LogP contribution in [0.1, 0.15) is 6.42 Å². The zero-order valence-electron chi connectivity index (χ0n) is 8.49. The first-order valence-electron chi connectivity index (χ1n) is 4.52. The highest BCUT2D eigenvalue weighted by molar-refractivity contribution is 7.99. The van der Waals surface area contributed by atoms with Gasteiger partial charge in [0, 0.05) is 18.7 Å². The summed E-state index contributed by atoms with van der Waals surface area (Å²) in [7, 11) is 0. The van der Waals surface area contributed by atoms with Crippen molar-refractivity contribution in [3.63, 3.8) is 0 Å².